The van der Waals surface area contributed by atoms with Crippen LogP contribution in [-0.4, -0.2) is 85.3 Å². The van der Waals surface area contributed by atoms with E-state index in [1.165, 1.54) is 0 Å². The molecule has 4 atom stereocenters. The van der Waals surface area contributed by atoms with E-state index in [1.807, 2.05) is 53.3 Å². The zero-order chi connectivity index (χ0) is 26.1. The van der Waals surface area contributed by atoms with Gasteiger partial charge in [-0.25, -0.2) is 4.68 Å². The Morgan fingerprint density at radius 3 is 2.53 bits per heavy atom. The van der Waals surface area contributed by atoms with Gasteiger partial charge < -0.3 is 24.2 Å². The van der Waals surface area contributed by atoms with Crippen LogP contribution in [0.25, 0.3) is 11.3 Å². The van der Waals surface area contributed by atoms with Crippen molar-refractivity contribution in [2.75, 3.05) is 58.4 Å². The summed E-state index contributed by atoms with van der Waals surface area (Å²) in [6.45, 7) is 6.13. The van der Waals surface area contributed by atoms with Crippen LogP contribution in [0.2, 0.25) is 0 Å². The Balaban J connectivity index is 1.04. The highest BCUT2D eigenvalue weighted by atomic mass is 16.5. The van der Waals surface area contributed by atoms with Crippen molar-refractivity contribution in [1.82, 2.24) is 19.9 Å². The van der Waals surface area contributed by atoms with Gasteiger partial charge in [0, 0.05) is 44.6 Å². The number of para-hydroxylation sites is 2. The number of hydrogen-bond donors (Lipinski definition) is 1. The van der Waals surface area contributed by atoms with E-state index in [2.05, 4.69) is 26.2 Å². The number of anilines is 1. The van der Waals surface area contributed by atoms with Gasteiger partial charge in [-0.15, -0.1) is 5.10 Å². The Kier molecular flexibility index (Phi) is 6.93. The maximum Gasteiger partial charge on any atom is 0.231 e. The number of piperazine rings is 1. The van der Waals surface area contributed by atoms with Crippen LogP contribution in [0.5, 0.6) is 11.5 Å². The first-order chi connectivity index (χ1) is 18.6. The summed E-state index contributed by atoms with van der Waals surface area (Å²) < 4.78 is 12.8. The highest BCUT2D eigenvalue weighted by molar-refractivity contribution is 5.80. The average Bonchev–Trinajstić information content (AvgIpc) is 3.45. The molecule has 0 saturated carbocycles. The van der Waals surface area contributed by atoms with Crippen molar-refractivity contribution in [2.24, 2.45) is 11.8 Å². The van der Waals surface area contributed by atoms with Crippen molar-refractivity contribution in [3.05, 3.63) is 54.7 Å². The van der Waals surface area contributed by atoms with Gasteiger partial charge in [-0.1, -0.05) is 17.3 Å². The molecule has 38 heavy (non-hydrogen) atoms. The summed E-state index contributed by atoms with van der Waals surface area (Å²) in [7, 11) is 3.38. The van der Waals surface area contributed by atoms with E-state index in [-0.39, 0.29) is 5.92 Å². The number of carbonyl (C=O) groups excluding carboxylic acids is 1. The van der Waals surface area contributed by atoms with Crippen LogP contribution in [0.1, 0.15) is 12.8 Å². The van der Waals surface area contributed by atoms with Crippen molar-refractivity contribution < 1.29 is 19.2 Å². The predicted molar refractivity (Wildman–Crippen MR) is 144 cm³/mol. The Morgan fingerprint density at radius 1 is 1.03 bits per heavy atom. The van der Waals surface area contributed by atoms with Gasteiger partial charge in [-0.3, -0.25) is 4.79 Å². The summed E-state index contributed by atoms with van der Waals surface area (Å²) >= 11 is 0. The molecule has 9 nitrogen and oxygen atoms in total. The van der Waals surface area contributed by atoms with Gasteiger partial charge in [0.15, 0.2) is 0 Å². The van der Waals surface area contributed by atoms with Gasteiger partial charge in [-0.05, 0) is 42.3 Å². The number of hydrogen-bond acceptors (Lipinski definition) is 6. The third-order valence-corrected chi connectivity index (χ3v) is 8.72. The lowest BCUT2D eigenvalue weighted by atomic mass is 9.75. The lowest BCUT2D eigenvalue weighted by molar-refractivity contribution is -0.945. The van der Waals surface area contributed by atoms with Gasteiger partial charge in [0.05, 0.1) is 51.7 Å². The third-order valence-electron chi connectivity index (χ3n) is 8.72. The van der Waals surface area contributed by atoms with Crippen molar-refractivity contribution in [3.63, 3.8) is 0 Å². The molecular formula is C29H37N6O3+. The molecule has 2 bridgehead atoms. The molecule has 1 N–H and O–H groups in total. The molecule has 1 amide bonds. The Morgan fingerprint density at radius 2 is 1.82 bits per heavy atom. The van der Waals surface area contributed by atoms with Crippen molar-refractivity contribution >= 4 is 11.6 Å². The molecular weight excluding hydrogens is 480 g/mol. The number of rotatable bonds is 7. The summed E-state index contributed by atoms with van der Waals surface area (Å²) in [5.41, 5.74) is 3.02. The number of fused-ring (bicyclic) bond motifs is 3. The smallest absolute Gasteiger partial charge is 0.231 e. The Bertz CT molecular complexity index is 1250. The van der Waals surface area contributed by atoms with Crippen molar-refractivity contribution in [3.8, 4) is 22.8 Å². The first kappa shape index (κ1) is 24.7. The fourth-order valence-electron chi connectivity index (χ4n) is 6.60. The minimum absolute atomic E-state index is 0.137. The molecule has 0 radical (unpaired) electrons. The zero-order valence-corrected chi connectivity index (χ0v) is 22.3. The molecule has 9 heteroatoms. The van der Waals surface area contributed by atoms with Gasteiger partial charge in [-0.2, -0.15) is 0 Å². The fraction of sp³-hybridized carbons (Fsp3) is 0.483. The van der Waals surface area contributed by atoms with Gasteiger partial charge in [0.1, 0.15) is 23.2 Å². The Labute approximate surface area is 223 Å². The monoisotopic (exact) mass is 517 g/mol. The molecule has 0 spiro atoms. The summed E-state index contributed by atoms with van der Waals surface area (Å²) in [6, 6.07) is 16.5. The van der Waals surface area contributed by atoms with Crippen LogP contribution < -0.4 is 19.3 Å². The van der Waals surface area contributed by atoms with Gasteiger partial charge in [0.2, 0.25) is 5.91 Å². The molecule has 4 saturated heterocycles. The number of carbonyl (C=O) groups is 1. The first-order valence-electron chi connectivity index (χ1n) is 13.7. The quantitative estimate of drug-likeness (QED) is 0.513. The molecule has 4 aliphatic rings. The lowest BCUT2D eigenvalue weighted by Crippen LogP contribution is -3.20. The number of nitrogens with zero attached hydrogens (tertiary/aromatic N) is 5. The van der Waals surface area contributed by atoms with Gasteiger partial charge >= 0.3 is 0 Å². The van der Waals surface area contributed by atoms with E-state index in [9.17, 15) is 4.79 Å². The molecule has 2 aromatic carbocycles. The largest absolute Gasteiger partial charge is 0.497 e. The molecule has 200 valence electrons. The highest BCUT2D eigenvalue weighted by Crippen LogP contribution is 2.31. The maximum atomic E-state index is 13.6. The molecule has 1 unspecified atom stereocenters. The summed E-state index contributed by atoms with van der Waals surface area (Å²) in [5.74, 6) is 2.68. The summed E-state index contributed by atoms with van der Waals surface area (Å²) in [4.78, 5) is 19.6. The molecule has 4 fully saturated rings. The normalized spacial score (nSPS) is 24.9. The van der Waals surface area contributed by atoms with Crippen LogP contribution >= 0.6 is 0 Å². The average molecular weight is 518 g/mol. The predicted octanol–water partition coefficient (Wildman–Crippen LogP) is 1.60. The molecule has 3 aromatic rings. The second kappa shape index (κ2) is 10.6. The highest BCUT2D eigenvalue weighted by Gasteiger charge is 2.48. The van der Waals surface area contributed by atoms with E-state index in [1.54, 1.807) is 19.1 Å². The van der Waals surface area contributed by atoms with E-state index >= 15 is 0 Å². The van der Waals surface area contributed by atoms with Crippen LogP contribution in [-0.2, 0) is 11.3 Å². The number of benzene rings is 2. The van der Waals surface area contributed by atoms with Crippen molar-refractivity contribution in [2.45, 2.75) is 25.4 Å². The first-order valence-corrected chi connectivity index (χ1v) is 13.7. The molecule has 4 aliphatic heterocycles. The fourth-order valence-corrected chi connectivity index (χ4v) is 6.60. The van der Waals surface area contributed by atoms with Crippen molar-refractivity contribution in [1.29, 1.82) is 0 Å². The molecule has 0 aliphatic carbocycles. The van der Waals surface area contributed by atoms with Crippen LogP contribution in [0.3, 0.4) is 0 Å². The van der Waals surface area contributed by atoms with E-state index < -0.39 is 0 Å². The molecule has 5 heterocycles. The lowest BCUT2D eigenvalue weighted by Gasteiger charge is -2.47. The minimum atomic E-state index is 0.137. The molecule has 1 aromatic heterocycles. The Hall–Kier alpha value is -3.59. The summed E-state index contributed by atoms with van der Waals surface area (Å²) in [6.07, 6.45) is 4.25. The minimum Gasteiger partial charge on any atom is -0.497 e. The van der Waals surface area contributed by atoms with E-state index in [4.69, 9.17) is 9.47 Å². The van der Waals surface area contributed by atoms with Crippen LogP contribution in [0, 0.1) is 11.8 Å². The zero-order valence-electron chi connectivity index (χ0n) is 22.3. The number of nitrogens with one attached hydrogen (secondary N) is 1. The number of aromatic nitrogens is 3. The summed E-state index contributed by atoms with van der Waals surface area (Å²) in [5, 5.41) is 8.82. The number of amides is 1. The van der Waals surface area contributed by atoms with E-state index in [0.29, 0.717) is 17.9 Å². The van der Waals surface area contributed by atoms with Gasteiger partial charge in [0.25, 0.3) is 0 Å². The number of piperidine rings is 3. The molecule has 7 rings (SSSR count). The number of methoxy groups -OCH3 is 2. The topological polar surface area (TPSA) is 77.2 Å². The maximum absolute atomic E-state index is 13.6. The standard InChI is InChI=1S/C29H36N6O3/c1-37-24-9-7-21(8-10-24)26-20-35(31-30-26)18-23-17-22-11-12-34(23)19-25(22)29(36)33-15-13-32(14-16-33)27-5-3-4-6-28(27)38-2/h3-10,20,22-23,25H,11-19H2,1-2H3/p+1/t22-,23+,25-/m0/s1. The van der Waals surface area contributed by atoms with Crippen LogP contribution in [0.4, 0.5) is 5.69 Å². The second-order valence-corrected chi connectivity index (χ2v) is 10.7. The third kappa shape index (κ3) is 4.82. The van der Waals surface area contributed by atoms with E-state index in [0.717, 1.165) is 87.1 Å². The number of ether oxygens (including phenoxy) is 2. The SMILES string of the molecule is COc1ccc(-c2cn(C[C@H]3C[C@@H]4CC[NH+]3C[C@@H]4C(=O)N3CCN(c4ccccc4OC)CC3)nn2)cc1. The van der Waals surface area contributed by atoms with Crippen LogP contribution in [0.15, 0.2) is 54.7 Å². The number of quaternary nitrogens is 1. The second-order valence-electron chi connectivity index (χ2n) is 10.7.